The van der Waals surface area contributed by atoms with E-state index in [-0.39, 0.29) is 11.8 Å². The summed E-state index contributed by atoms with van der Waals surface area (Å²) in [5.41, 5.74) is 1.44. The molecule has 2 amide bonds. The summed E-state index contributed by atoms with van der Waals surface area (Å²) < 4.78 is 0. The van der Waals surface area contributed by atoms with Gasteiger partial charge in [-0.2, -0.15) is 0 Å². The summed E-state index contributed by atoms with van der Waals surface area (Å²) >= 11 is 0. The zero-order valence-electron chi connectivity index (χ0n) is 7.93. The Morgan fingerprint density at radius 2 is 2.43 bits per heavy atom. The second-order valence-corrected chi connectivity index (χ2v) is 3.40. The van der Waals surface area contributed by atoms with Crippen LogP contribution in [0.15, 0.2) is 0 Å². The van der Waals surface area contributed by atoms with Crippen molar-refractivity contribution in [1.82, 2.24) is 10.4 Å². The number of nitrogens with one attached hydrogen (secondary N) is 1. The molecule has 0 aromatic heterocycles. The van der Waals surface area contributed by atoms with Crippen molar-refractivity contribution in [1.29, 1.82) is 0 Å². The molecule has 3 N–H and O–H groups in total. The van der Waals surface area contributed by atoms with Crippen LogP contribution < -0.4 is 5.48 Å². The van der Waals surface area contributed by atoms with Crippen LogP contribution in [0.2, 0.25) is 0 Å². The van der Waals surface area contributed by atoms with E-state index in [1.54, 1.807) is 6.92 Å². The Bertz CT molecular complexity index is 243. The van der Waals surface area contributed by atoms with Crippen LogP contribution in [0.1, 0.15) is 13.3 Å². The molecule has 14 heavy (non-hydrogen) atoms. The molecule has 6 nitrogen and oxygen atoms in total. The summed E-state index contributed by atoms with van der Waals surface area (Å²) in [5.74, 6) is -1.03. The highest BCUT2D eigenvalue weighted by Crippen LogP contribution is 2.19. The van der Waals surface area contributed by atoms with Crippen molar-refractivity contribution >= 4 is 11.8 Å². The molecule has 0 bridgehead atoms. The molecule has 1 fully saturated rings. The minimum atomic E-state index is -0.975. The maximum atomic E-state index is 11.5. The summed E-state index contributed by atoms with van der Waals surface area (Å²) in [5, 5.41) is 17.3. The van der Waals surface area contributed by atoms with Crippen molar-refractivity contribution in [3.63, 3.8) is 0 Å². The number of carbonyl (C=O) groups is 2. The molecule has 6 heteroatoms. The number of amides is 2. The Hall–Kier alpha value is -1.14. The molecule has 1 rings (SSSR count). The number of aliphatic hydroxyl groups excluding tert-OH is 1. The molecule has 1 aliphatic rings. The van der Waals surface area contributed by atoms with E-state index in [0.29, 0.717) is 13.0 Å². The first-order valence-corrected chi connectivity index (χ1v) is 4.47. The van der Waals surface area contributed by atoms with Gasteiger partial charge in [-0.1, -0.05) is 6.92 Å². The van der Waals surface area contributed by atoms with E-state index < -0.39 is 18.6 Å². The zero-order valence-corrected chi connectivity index (χ0v) is 7.93. The number of hydroxylamine groups is 1. The van der Waals surface area contributed by atoms with Gasteiger partial charge in [0.1, 0.15) is 6.04 Å². The normalized spacial score (nSPS) is 23.8. The van der Waals surface area contributed by atoms with Crippen LogP contribution in [0.4, 0.5) is 0 Å². The third-order valence-corrected chi connectivity index (χ3v) is 2.47. The Morgan fingerprint density at radius 1 is 1.79 bits per heavy atom. The van der Waals surface area contributed by atoms with Crippen LogP contribution in [0.3, 0.4) is 0 Å². The standard InChI is InChI=1S/C8H14N2O4/c1-5-2-3-10(8(5)13)6(4-11)7(12)9-14/h5-6,11,14H,2-4H2,1H3,(H,9,12). The Balaban J connectivity index is 2.71. The molecule has 0 spiro atoms. The summed E-state index contributed by atoms with van der Waals surface area (Å²) in [6, 6.07) is -0.975. The number of carbonyl (C=O) groups excluding carboxylic acids is 2. The average Bonchev–Trinajstić information content (AvgIpc) is 2.50. The predicted molar refractivity (Wildman–Crippen MR) is 46.3 cm³/mol. The second kappa shape index (κ2) is 4.39. The average molecular weight is 202 g/mol. The molecular formula is C8H14N2O4. The fourth-order valence-corrected chi connectivity index (χ4v) is 1.56. The minimum absolute atomic E-state index is 0.115. The van der Waals surface area contributed by atoms with Crippen molar-refractivity contribution in [3.8, 4) is 0 Å². The molecule has 80 valence electrons. The summed E-state index contributed by atoms with van der Waals surface area (Å²) in [6.07, 6.45) is 0.675. The Labute approximate surface area is 81.5 Å². The molecule has 0 aliphatic carbocycles. The van der Waals surface area contributed by atoms with Crippen molar-refractivity contribution < 1.29 is 19.9 Å². The lowest BCUT2D eigenvalue weighted by molar-refractivity contribution is -0.144. The summed E-state index contributed by atoms with van der Waals surface area (Å²) in [6.45, 7) is 1.73. The Kier molecular flexibility index (Phi) is 3.43. The van der Waals surface area contributed by atoms with E-state index >= 15 is 0 Å². The number of hydrogen-bond donors (Lipinski definition) is 3. The van der Waals surface area contributed by atoms with Gasteiger partial charge in [-0.3, -0.25) is 14.8 Å². The van der Waals surface area contributed by atoms with Gasteiger partial charge in [-0.25, -0.2) is 5.48 Å². The first-order valence-electron chi connectivity index (χ1n) is 4.47. The summed E-state index contributed by atoms with van der Waals surface area (Å²) in [7, 11) is 0. The molecule has 1 saturated heterocycles. The SMILES string of the molecule is CC1CCN(C(CO)C(=O)NO)C1=O. The van der Waals surface area contributed by atoms with Crippen molar-refractivity contribution in [2.24, 2.45) is 5.92 Å². The second-order valence-electron chi connectivity index (χ2n) is 3.40. The molecule has 0 aromatic rings. The molecule has 1 aliphatic heterocycles. The lowest BCUT2D eigenvalue weighted by Crippen LogP contribution is -2.49. The van der Waals surface area contributed by atoms with E-state index in [0.717, 1.165) is 0 Å². The van der Waals surface area contributed by atoms with Crippen LogP contribution in [0, 0.1) is 5.92 Å². The number of aliphatic hydroxyl groups is 1. The molecule has 2 atom stereocenters. The lowest BCUT2D eigenvalue weighted by atomic mass is 10.1. The van der Waals surface area contributed by atoms with E-state index in [9.17, 15) is 9.59 Å². The van der Waals surface area contributed by atoms with E-state index in [1.165, 1.54) is 10.4 Å². The topological polar surface area (TPSA) is 89.9 Å². The molecule has 1 heterocycles. The van der Waals surface area contributed by atoms with E-state index in [2.05, 4.69) is 0 Å². The van der Waals surface area contributed by atoms with Gasteiger partial charge in [0.05, 0.1) is 6.61 Å². The van der Waals surface area contributed by atoms with Gasteiger partial charge >= 0.3 is 0 Å². The van der Waals surface area contributed by atoms with Crippen LogP contribution in [0.5, 0.6) is 0 Å². The predicted octanol–water partition coefficient (Wildman–Crippen LogP) is -1.28. The maximum absolute atomic E-state index is 11.5. The monoisotopic (exact) mass is 202 g/mol. The van der Waals surface area contributed by atoms with Gasteiger partial charge in [0.2, 0.25) is 5.91 Å². The fourth-order valence-electron chi connectivity index (χ4n) is 1.56. The van der Waals surface area contributed by atoms with Crippen LogP contribution in [-0.2, 0) is 9.59 Å². The van der Waals surface area contributed by atoms with Crippen molar-refractivity contribution in [2.75, 3.05) is 13.2 Å². The smallest absolute Gasteiger partial charge is 0.268 e. The van der Waals surface area contributed by atoms with Crippen molar-refractivity contribution in [2.45, 2.75) is 19.4 Å². The van der Waals surface area contributed by atoms with Gasteiger partial charge in [-0.15, -0.1) is 0 Å². The molecule has 2 unspecified atom stereocenters. The minimum Gasteiger partial charge on any atom is -0.394 e. The van der Waals surface area contributed by atoms with Crippen LogP contribution in [0.25, 0.3) is 0 Å². The van der Waals surface area contributed by atoms with Gasteiger partial charge in [0, 0.05) is 12.5 Å². The molecule has 0 saturated carbocycles. The summed E-state index contributed by atoms with van der Waals surface area (Å²) in [4.78, 5) is 23.8. The molecular weight excluding hydrogens is 188 g/mol. The maximum Gasteiger partial charge on any atom is 0.268 e. The number of rotatable bonds is 3. The first kappa shape index (κ1) is 10.9. The van der Waals surface area contributed by atoms with Crippen LogP contribution >= 0.6 is 0 Å². The lowest BCUT2D eigenvalue weighted by Gasteiger charge is -2.24. The third kappa shape index (κ3) is 1.85. The highest BCUT2D eigenvalue weighted by Gasteiger charge is 2.36. The van der Waals surface area contributed by atoms with E-state index in [1.807, 2.05) is 0 Å². The number of hydrogen-bond acceptors (Lipinski definition) is 4. The number of likely N-dealkylation sites (tertiary alicyclic amines) is 1. The van der Waals surface area contributed by atoms with Gasteiger partial charge in [-0.05, 0) is 6.42 Å². The molecule has 0 aromatic carbocycles. The fraction of sp³-hybridized carbons (Fsp3) is 0.750. The Morgan fingerprint density at radius 3 is 2.79 bits per heavy atom. The first-order chi connectivity index (χ1) is 6.61. The van der Waals surface area contributed by atoms with Gasteiger partial charge in [0.15, 0.2) is 0 Å². The largest absolute Gasteiger partial charge is 0.394 e. The number of nitrogens with zero attached hydrogens (tertiary/aromatic N) is 1. The highest BCUT2D eigenvalue weighted by molar-refractivity contribution is 5.89. The highest BCUT2D eigenvalue weighted by atomic mass is 16.5. The molecule has 0 radical (unpaired) electrons. The zero-order chi connectivity index (χ0) is 10.7. The quantitative estimate of drug-likeness (QED) is 0.393. The van der Waals surface area contributed by atoms with Crippen molar-refractivity contribution in [3.05, 3.63) is 0 Å². The van der Waals surface area contributed by atoms with Crippen LogP contribution in [-0.4, -0.2) is 46.2 Å². The van der Waals surface area contributed by atoms with Gasteiger partial charge in [0.25, 0.3) is 5.91 Å². The van der Waals surface area contributed by atoms with E-state index in [4.69, 9.17) is 10.3 Å². The third-order valence-electron chi connectivity index (χ3n) is 2.47. The van der Waals surface area contributed by atoms with Gasteiger partial charge < -0.3 is 10.0 Å².